The van der Waals surface area contributed by atoms with E-state index in [-0.39, 0.29) is 38.3 Å². The standard InChI is InChI=1S/C8H14O2.Zr/c1-5-7(4)10-8(9)6(2)3;/h7H,2,5H2,1,3-4H3;. The molecule has 1 unspecified atom stereocenters. The van der Waals surface area contributed by atoms with Crippen LogP contribution in [0.3, 0.4) is 0 Å². The Hall–Kier alpha value is 0.0931. The van der Waals surface area contributed by atoms with Gasteiger partial charge in [-0.05, 0) is 20.3 Å². The first-order chi connectivity index (χ1) is 4.57. The molecule has 0 N–H and O–H groups in total. The van der Waals surface area contributed by atoms with Crippen molar-refractivity contribution >= 4 is 5.97 Å². The molecule has 0 saturated carbocycles. The molecule has 0 rings (SSSR count). The van der Waals surface area contributed by atoms with Crippen LogP contribution in [0.15, 0.2) is 12.2 Å². The Morgan fingerprint density at radius 3 is 2.36 bits per heavy atom. The molecule has 3 heteroatoms. The van der Waals surface area contributed by atoms with E-state index in [1.807, 2.05) is 13.8 Å². The van der Waals surface area contributed by atoms with Crippen LogP contribution in [0.5, 0.6) is 0 Å². The number of ether oxygens (including phenoxy) is 1. The van der Waals surface area contributed by atoms with Gasteiger partial charge in [0.1, 0.15) is 0 Å². The summed E-state index contributed by atoms with van der Waals surface area (Å²) in [6.07, 6.45) is 0.850. The van der Waals surface area contributed by atoms with Gasteiger partial charge in [-0.2, -0.15) is 0 Å². The summed E-state index contributed by atoms with van der Waals surface area (Å²) in [6.45, 7) is 8.94. The molecule has 0 amide bonds. The van der Waals surface area contributed by atoms with E-state index in [0.717, 1.165) is 6.42 Å². The van der Waals surface area contributed by atoms with E-state index in [4.69, 9.17) is 4.74 Å². The van der Waals surface area contributed by atoms with Crippen molar-refractivity contribution in [2.45, 2.75) is 33.3 Å². The Balaban J connectivity index is 0. The second-order valence-electron chi connectivity index (χ2n) is 2.40. The first-order valence-electron chi connectivity index (χ1n) is 3.44. The van der Waals surface area contributed by atoms with Crippen LogP contribution in [0, 0.1) is 0 Å². The topological polar surface area (TPSA) is 26.3 Å². The van der Waals surface area contributed by atoms with Crippen LogP contribution in [0.2, 0.25) is 0 Å². The van der Waals surface area contributed by atoms with Gasteiger partial charge < -0.3 is 4.74 Å². The van der Waals surface area contributed by atoms with Crippen molar-refractivity contribution in [3.63, 3.8) is 0 Å². The molecule has 2 nitrogen and oxygen atoms in total. The summed E-state index contributed by atoms with van der Waals surface area (Å²) in [5.74, 6) is -0.297. The van der Waals surface area contributed by atoms with Crippen LogP contribution in [0.4, 0.5) is 0 Å². The molecule has 0 aliphatic carbocycles. The van der Waals surface area contributed by atoms with Crippen molar-refractivity contribution < 1.29 is 35.7 Å². The monoisotopic (exact) mass is 232 g/mol. The third kappa shape index (κ3) is 6.49. The molecular formula is C8H14O2Zr. The summed E-state index contributed by atoms with van der Waals surface area (Å²) in [5, 5.41) is 0. The van der Waals surface area contributed by atoms with E-state index in [0.29, 0.717) is 5.57 Å². The summed E-state index contributed by atoms with van der Waals surface area (Å²) >= 11 is 0. The molecule has 0 aliphatic rings. The molecule has 1 atom stereocenters. The van der Waals surface area contributed by atoms with Gasteiger partial charge in [-0.15, -0.1) is 0 Å². The molecule has 0 aromatic heterocycles. The van der Waals surface area contributed by atoms with Crippen LogP contribution in [-0.2, 0) is 35.7 Å². The summed E-state index contributed by atoms with van der Waals surface area (Å²) in [7, 11) is 0. The fourth-order valence-corrected chi connectivity index (χ4v) is 0.367. The SMILES string of the molecule is C=C(C)C(=O)OC(C)CC.[Zr]. The number of carbonyl (C=O) groups excluding carboxylic acids is 1. The average molecular weight is 233 g/mol. The molecule has 0 heterocycles. The maximum absolute atomic E-state index is 10.8. The van der Waals surface area contributed by atoms with Crippen molar-refractivity contribution in [1.29, 1.82) is 0 Å². The second-order valence-corrected chi connectivity index (χ2v) is 2.40. The molecule has 0 saturated heterocycles. The first-order valence-corrected chi connectivity index (χ1v) is 3.44. The van der Waals surface area contributed by atoms with Gasteiger partial charge >= 0.3 is 5.97 Å². The Morgan fingerprint density at radius 2 is 2.09 bits per heavy atom. The number of hydrogen-bond donors (Lipinski definition) is 0. The molecule has 0 radical (unpaired) electrons. The van der Waals surface area contributed by atoms with E-state index in [9.17, 15) is 4.79 Å². The van der Waals surface area contributed by atoms with Gasteiger partial charge in [-0.3, -0.25) is 0 Å². The summed E-state index contributed by atoms with van der Waals surface area (Å²) in [5.41, 5.74) is 0.459. The van der Waals surface area contributed by atoms with Crippen LogP contribution in [0.25, 0.3) is 0 Å². The summed E-state index contributed by atoms with van der Waals surface area (Å²) in [4.78, 5) is 10.8. The van der Waals surface area contributed by atoms with Gasteiger partial charge in [0.15, 0.2) is 0 Å². The number of hydrogen-bond acceptors (Lipinski definition) is 2. The minimum absolute atomic E-state index is 0. The maximum Gasteiger partial charge on any atom is 0.333 e. The molecule has 0 bridgehead atoms. The zero-order valence-corrected chi connectivity index (χ0v) is 9.77. The van der Waals surface area contributed by atoms with Crippen LogP contribution in [-0.4, -0.2) is 12.1 Å². The van der Waals surface area contributed by atoms with E-state index >= 15 is 0 Å². The van der Waals surface area contributed by atoms with E-state index in [1.165, 1.54) is 0 Å². The van der Waals surface area contributed by atoms with Crippen LogP contribution in [0.1, 0.15) is 27.2 Å². The van der Waals surface area contributed by atoms with Crippen molar-refractivity contribution in [3.8, 4) is 0 Å². The Kier molecular flexibility index (Phi) is 8.43. The average Bonchev–Trinajstić information content (AvgIpc) is 1.87. The molecule has 0 fully saturated rings. The fourth-order valence-electron chi connectivity index (χ4n) is 0.367. The number of esters is 1. The van der Waals surface area contributed by atoms with Crippen molar-refractivity contribution in [2.75, 3.05) is 0 Å². The molecule has 0 aromatic carbocycles. The van der Waals surface area contributed by atoms with Gasteiger partial charge in [0, 0.05) is 31.8 Å². The Morgan fingerprint density at radius 1 is 1.64 bits per heavy atom. The Bertz CT molecular complexity index is 143. The summed E-state index contributed by atoms with van der Waals surface area (Å²) in [6, 6.07) is 0. The van der Waals surface area contributed by atoms with Gasteiger partial charge in [0.05, 0.1) is 6.10 Å². The normalized spacial score (nSPS) is 11.2. The summed E-state index contributed by atoms with van der Waals surface area (Å²) < 4.78 is 4.92. The van der Waals surface area contributed by atoms with E-state index in [1.54, 1.807) is 6.92 Å². The predicted molar refractivity (Wildman–Crippen MR) is 40.7 cm³/mol. The van der Waals surface area contributed by atoms with Crippen LogP contribution < -0.4 is 0 Å². The van der Waals surface area contributed by atoms with Crippen molar-refractivity contribution in [2.24, 2.45) is 0 Å². The van der Waals surface area contributed by atoms with E-state index in [2.05, 4.69) is 6.58 Å². The number of rotatable bonds is 3. The van der Waals surface area contributed by atoms with Gasteiger partial charge in [-0.25, -0.2) is 4.79 Å². The zero-order valence-electron chi connectivity index (χ0n) is 7.31. The molecule has 0 aliphatic heterocycles. The predicted octanol–water partition coefficient (Wildman–Crippen LogP) is 1.90. The largest absolute Gasteiger partial charge is 0.459 e. The van der Waals surface area contributed by atoms with Gasteiger partial charge in [-0.1, -0.05) is 13.5 Å². The molecular weight excluding hydrogens is 219 g/mol. The van der Waals surface area contributed by atoms with Gasteiger partial charge in [0.2, 0.25) is 0 Å². The van der Waals surface area contributed by atoms with Crippen molar-refractivity contribution in [1.82, 2.24) is 0 Å². The zero-order chi connectivity index (χ0) is 8.15. The molecule has 0 aromatic rings. The third-order valence-corrected chi connectivity index (χ3v) is 1.23. The molecule has 11 heavy (non-hydrogen) atoms. The fraction of sp³-hybridized carbons (Fsp3) is 0.625. The van der Waals surface area contributed by atoms with E-state index < -0.39 is 0 Å². The maximum atomic E-state index is 10.8. The number of carbonyl (C=O) groups is 1. The minimum Gasteiger partial charge on any atom is -0.459 e. The third-order valence-electron chi connectivity index (χ3n) is 1.23. The quantitative estimate of drug-likeness (QED) is 0.550. The van der Waals surface area contributed by atoms with Crippen molar-refractivity contribution in [3.05, 3.63) is 12.2 Å². The molecule has 0 spiro atoms. The Labute approximate surface area is 87.1 Å². The second kappa shape index (κ2) is 6.78. The smallest absolute Gasteiger partial charge is 0.333 e. The van der Waals surface area contributed by atoms with Gasteiger partial charge in [0.25, 0.3) is 0 Å². The first kappa shape index (κ1) is 13.7. The minimum atomic E-state index is -0.297. The van der Waals surface area contributed by atoms with Crippen LogP contribution >= 0.6 is 0 Å². The molecule has 62 valence electrons.